The molecule has 2 rings (SSSR count). The van der Waals surface area contributed by atoms with Gasteiger partial charge in [-0.1, -0.05) is 43.0 Å². The Morgan fingerprint density at radius 3 is 2.40 bits per heavy atom. The monoisotopic (exact) mass is 335 g/mol. The Morgan fingerprint density at radius 2 is 1.80 bits per heavy atom. The van der Waals surface area contributed by atoms with Gasteiger partial charge in [0.2, 0.25) is 0 Å². The Bertz CT molecular complexity index is 891. The van der Waals surface area contributed by atoms with Crippen molar-refractivity contribution in [3.05, 3.63) is 101 Å². The van der Waals surface area contributed by atoms with E-state index in [1.807, 2.05) is 38.1 Å². The normalized spacial score (nSPS) is 12.6. The predicted octanol–water partition coefficient (Wildman–Crippen LogP) is 5.13. The van der Waals surface area contributed by atoms with Crippen LogP contribution in [0.5, 0.6) is 0 Å². The minimum Gasteiger partial charge on any atom is -0.398 e. The van der Waals surface area contributed by atoms with Crippen molar-refractivity contribution in [2.24, 2.45) is 5.73 Å². The zero-order valence-electron chi connectivity index (χ0n) is 14.8. The molecule has 0 heterocycles. The molecule has 2 aromatic carbocycles. The summed E-state index contributed by atoms with van der Waals surface area (Å²) in [5.41, 5.74) is 10.4. The van der Waals surface area contributed by atoms with Crippen molar-refractivity contribution in [2.45, 2.75) is 20.8 Å². The number of aryl methyl sites for hydroxylation is 2. The molecule has 25 heavy (non-hydrogen) atoms. The van der Waals surface area contributed by atoms with Gasteiger partial charge in [-0.15, -0.1) is 0 Å². The summed E-state index contributed by atoms with van der Waals surface area (Å²) < 4.78 is 14.2. The van der Waals surface area contributed by atoms with E-state index in [2.05, 4.69) is 6.58 Å². The molecule has 0 aromatic heterocycles. The van der Waals surface area contributed by atoms with Crippen LogP contribution in [-0.4, -0.2) is 5.78 Å². The van der Waals surface area contributed by atoms with Crippen molar-refractivity contribution in [3.63, 3.8) is 0 Å². The molecule has 2 aromatic rings. The second kappa shape index (κ2) is 7.75. The van der Waals surface area contributed by atoms with Gasteiger partial charge in [-0.05, 0) is 61.2 Å². The second-order valence-corrected chi connectivity index (χ2v) is 5.98. The van der Waals surface area contributed by atoms with Gasteiger partial charge >= 0.3 is 0 Å². The SMILES string of the molecule is C=C/C=C(C(=O)c1ccc(C)cc1F)\C(N)=C(/C)c1ccccc1C. The lowest BCUT2D eigenvalue weighted by atomic mass is 9.93. The number of carbonyl (C=O) groups is 1. The summed E-state index contributed by atoms with van der Waals surface area (Å²) in [5, 5.41) is 0. The van der Waals surface area contributed by atoms with Gasteiger partial charge in [-0.3, -0.25) is 4.79 Å². The number of hydrogen-bond acceptors (Lipinski definition) is 2. The van der Waals surface area contributed by atoms with Crippen LogP contribution < -0.4 is 5.73 Å². The Labute approximate surface area is 148 Å². The smallest absolute Gasteiger partial charge is 0.198 e. The molecule has 0 bridgehead atoms. The zero-order valence-corrected chi connectivity index (χ0v) is 14.8. The third-order valence-electron chi connectivity index (χ3n) is 4.14. The highest BCUT2D eigenvalue weighted by atomic mass is 19.1. The molecular weight excluding hydrogens is 313 g/mol. The van der Waals surface area contributed by atoms with Crippen LogP contribution in [-0.2, 0) is 0 Å². The summed E-state index contributed by atoms with van der Waals surface area (Å²) in [6.07, 6.45) is 3.01. The van der Waals surface area contributed by atoms with Gasteiger partial charge in [0.1, 0.15) is 5.82 Å². The Morgan fingerprint density at radius 1 is 1.12 bits per heavy atom. The minimum absolute atomic E-state index is 0.000710. The molecular formula is C22H22FNO. The van der Waals surface area contributed by atoms with Gasteiger partial charge in [0.05, 0.1) is 5.56 Å². The number of allylic oxidation sites excluding steroid dienone is 4. The van der Waals surface area contributed by atoms with E-state index in [9.17, 15) is 9.18 Å². The van der Waals surface area contributed by atoms with Gasteiger partial charge in [0.15, 0.2) is 5.78 Å². The lowest BCUT2D eigenvalue weighted by Gasteiger charge is -2.14. The molecule has 0 atom stereocenters. The summed E-state index contributed by atoms with van der Waals surface area (Å²) in [7, 11) is 0. The van der Waals surface area contributed by atoms with E-state index in [0.717, 1.165) is 22.3 Å². The van der Waals surface area contributed by atoms with Crippen molar-refractivity contribution in [1.29, 1.82) is 0 Å². The summed E-state index contributed by atoms with van der Waals surface area (Å²) in [5.74, 6) is -1.01. The van der Waals surface area contributed by atoms with Crippen LogP contribution in [0, 0.1) is 19.7 Å². The van der Waals surface area contributed by atoms with Gasteiger partial charge in [-0.25, -0.2) is 4.39 Å². The largest absolute Gasteiger partial charge is 0.398 e. The summed E-state index contributed by atoms with van der Waals surface area (Å²) in [4.78, 5) is 12.9. The molecule has 0 fully saturated rings. The first-order valence-electron chi connectivity index (χ1n) is 8.03. The van der Waals surface area contributed by atoms with Crippen LogP contribution in [0.15, 0.2) is 72.5 Å². The second-order valence-electron chi connectivity index (χ2n) is 5.98. The fourth-order valence-corrected chi connectivity index (χ4v) is 2.70. The lowest BCUT2D eigenvalue weighted by molar-refractivity contribution is 0.103. The molecule has 2 nitrogen and oxygen atoms in total. The molecule has 0 spiro atoms. The maximum absolute atomic E-state index is 14.2. The first-order chi connectivity index (χ1) is 11.9. The molecule has 0 aliphatic carbocycles. The number of rotatable bonds is 5. The van der Waals surface area contributed by atoms with Crippen molar-refractivity contribution >= 4 is 11.4 Å². The Hall–Kier alpha value is -2.94. The van der Waals surface area contributed by atoms with Crippen LogP contribution in [0.1, 0.15) is 34.0 Å². The summed E-state index contributed by atoms with van der Waals surface area (Å²) in [6, 6.07) is 12.3. The number of nitrogens with two attached hydrogens (primary N) is 1. The van der Waals surface area contributed by atoms with Crippen LogP contribution in [0.2, 0.25) is 0 Å². The summed E-state index contributed by atoms with van der Waals surface area (Å²) in [6.45, 7) is 9.25. The minimum atomic E-state index is -0.554. The van der Waals surface area contributed by atoms with Crippen molar-refractivity contribution in [2.75, 3.05) is 0 Å². The number of hydrogen-bond donors (Lipinski definition) is 1. The van der Waals surface area contributed by atoms with Crippen molar-refractivity contribution < 1.29 is 9.18 Å². The molecule has 128 valence electrons. The number of ketones is 1. The van der Waals surface area contributed by atoms with Crippen LogP contribution in [0.25, 0.3) is 5.57 Å². The number of Topliss-reactive ketones (excluding diaryl/α,β-unsaturated/α-hetero) is 1. The Balaban J connectivity index is 2.56. The third-order valence-corrected chi connectivity index (χ3v) is 4.14. The molecule has 0 unspecified atom stereocenters. The number of benzene rings is 2. The van der Waals surface area contributed by atoms with Gasteiger partial charge in [0, 0.05) is 11.3 Å². The summed E-state index contributed by atoms with van der Waals surface area (Å²) >= 11 is 0. The van der Waals surface area contributed by atoms with E-state index in [4.69, 9.17) is 5.73 Å². The lowest BCUT2D eigenvalue weighted by Crippen LogP contribution is -2.15. The maximum atomic E-state index is 14.2. The number of halogens is 1. The van der Waals surface area contributed by atoms with Crippen LogP contribution in [0.3, 0.4) is 0 Å². The molecule has 0 amide bonds. The average Bonchev–Trinajstić information content (AvgIpc) is 2.58. The van der Waals surface area contributed by atoms with Crippen molar-refractivity contribution in [3.8, 4) is 0 Å². The highest BCUT2D eigenvalue weighted by Crippen LogP contribution is 2.26. The third kappa shape index (κ3) is 3.94. The molecule has 0 aliphatic heterocycles. The van der Waals surface area contributed by atoms with E-state index < -0.39 is 11.6 Å². The van der Waals surface area contributed by atoms with Crippen LogP contribution >= 0.6 is 0 Å². The van der Waals surface area contributed by atoms with E-state index in [-0.39, 0.29) is 11.1 Å². The topological polar surface area (TPSA) is 43.1 Å². The van der Waals surface area contributed by atoms with Gasteiger partial charge in [0.25, 0.3) is 0 Å². The first-order valence-corrected chi connectivity index (χ1v) is 8.03. The fourth-order valence-electron chi connectivity index (χ4n) is 2.70. The highest BCUT2D eigenvalue weighted by Gasteiger charge is 2.20. The van der Waals surface area contributed by atoms with E-state index in [1.165, 1.54) is 24.3 Å². The standard InChI is InChI=1S/C22H22FNO/c1-5-8-19(22(25)18-12-11-14(2)13-20(18)23)21(24)16(4)17-10-7-6-9-15(17)3/h5-13H,1,24H2,2-4H3/b19-8+,21-16-. The first kappa shape index (κ1) is 18.4. The quantitative estimate of drug-likeness (QED) is 0.468. The van der Waals surface area contributed by atoms with Crippen molar-refractivity contribution in [1.82, 2.24) is 0 Å². The predicted molar refractivity (Wildman–Crippen MR) is 102 cm³/mol. The maximum Gasteiger partial charge on any atom is 0.198 e. The van der Waals surface area contributed by atoms with Crippen LogP contribution in [0.4, 0.5) is 4.39 Å². The molecule has 3 heteroatoms. The van der Waals surface area contributed by atoms with Gasteiger partial charge in [-0.2, -0.15) is 0 Å². The molecule has 0 aliphatic rings. The van der Waals surface area contributed by atoms with E-state index in [0.29, 0.717) is 5.70 Å². The fraction of sp³-hybridized carbons (Fsp3) is 0.136. The van der Waals surface area contributed by atoms with Gasteiger partial charge < -0.3 is 5.73 Å². The zero-order chi connectivity index (χ0) is 18.6. The highest BCUT2D eigenvalue weighted by molar-refractivity contribution is 6.13. The van der Waals surface area contributed by atoms with E-state index >= 15 is 0 Å². The molecule has 0 radical (unpaired) electrons. The average molecular weight is 335 g/mol. The molecule has 0 saturated heterocycles. The molecule has 2 N–H and O–H groups in total. The molecule has 0 saturated carbocycles. The number of carbonyl (C=O) groups excluding carboxylic acids is 1. The van der Waals surface area contributed by atoms with E-state index in [1.54, 1.807) is 13.0 Å². The Kier molecular flexibility index (Phi) is 5.71.